The lowest BCUT2D eigenvalue weighted by molar-refractivity contribution is -0.130. The Kier molecular flexibility index (Phi) is 6.93. The number of carbonyl (C=O) groups is 1. The van der Waals surface area contributed by atoms with Crippen LogP contribution in [0, 0.1) is 0 Å². The molecule has 31 heavy (non-hydrogen) atoms. The van der Waals surface area contributed by atoms with Crippen molar-refractivity contribution in [3.05, 3.63) is 42.7 Å². The molecule has 0 atom stereocenters. The molecule has 0 saturated carbocycles. The molecule has 0 spiro atoms. The zero-order chi connectivity index (χ0) is 21.6. The molecule has 4 rings (SSSR count). The number of benzene rings is 1. The van der Waals surface area contributed by atoms with E-state index in [-0.39, 0.29) is 5.91 Å². The van der Waals surface area contributed by atoms with E-state index in [0.29, 0.717) is 29.1 Å². The summed E-state index contributed by atoms with van der Waals surface area (Å²) in [4.78, 5) is 17.1. The highest BCUT2D eigenvalue weighted by Gasteiger charge is 2.23. The van der Waals surface area contributed by atoms with Gasteiger partial charge < -0.3 is 19.0 Å². The molecule has 8 nitrogen and oxygen atoms in total. The molecule has 1 amide bonds. The fourth-order valence-electron chi connectivity index (χ4n) is 3.55. The highest BCUT2D eigenvalue weighted by molar-refractivity contribution is 7.99. The van der Waals surface area contributed by atoms with Crippen molar-refractivity contribution in [2.45, 2.75) is 19.0 Å². The van der Waals surface area contributed by atoms with Crippen LogP contribution in [0.1, 0.15) is 13.8 Å². The van der Waals surface area contributed by atoms with Gasteiger partial charge in [-0.1, -0.05) is 18.7 Å². The van der Waals surface area contributed by atoms with Gasteiger partial charge in [-0.15, -0.1) is 10.2 Å². The second kappa shape index (κ2) is 10.0. The summed E-state index contributed by atoms with van der Waals surface area (Å²) in [5.41, 5.74) is 0.881. The molecule has 0 radical (unpaired) electrons. The van der Waals surface area contributed by atoms with Crippen molar-refractivity contribution in [3.8, 4) is 23.0 Å². The van der Waals surface area contributed by atoms with Gasteiger partial charge in [0, 0.05) is 26.2 Å². The molecule has 164 valence electrons. The van der Waals surface area contributed by atoms with E-state index in [1.807, 2.05) is 52.8 Å². The quantitative estimate of drug-likeness (QED) is 0.497. The molecule has 0 unspecified atom stereocenters. The largest absolute Gasteiger partial charge is 0.494 e. The van der Waals surface area contributed by atoms with Crippen molar-refractivity contribution in [1.29, 1.82) is 0 Å². The van der Waals surface area contributed by atoms with Crippen LogP contribution in [0.15, 0.2) is 52.2 Å². The Bertz CT molecular complexity index is 979. The SMILES string of the molecule is CCOc1ccc(-n2c(SCC(=O)N3CCN(CC)CC3)nnc2-c2ccco2)cc1. The van der Waals surface area contributed by atoms with E-state index in [1.165, 1.54) is 11.8 Å². The molecule has 1 aromatic carbocycles. The molecule has 3 aromatic rings. The maximum atomic E-state index is 12.8. The molecular weight excluding hydrogens is 414 g/mol. The summed E-state index contributed by atoms with van der Waals surface area (Å²) in [6.07, 6.45) is 1.61. The van der Waals surface area contributed by atoms with Crippen molar-refractivity contribution in [1.82, 2.24) is 24.6 Å². The number of thioether (sulfide) groups is 1. The number of ether oxygens (including phenoxy) is 1. The number of likely N-dealkylation sites (N-methyl/N-ethyl adjacent to an activating group) is 1. The van der Waals surface area contributed by atoms with Crippen LogP contribution in [0.3, 0.4) is 0 Å². The van der Waals surface area contributed by atoms with Crippen LogP contribution in [-0.2, 0) is 4.79 Å². The lowest BCUT2D eigenvalue weighted by atomic mass is 10.3. The predicted molar refractivity (Wildman–Crippen MR) is 120 cm³/mol. The fourth-order valence-corrected chi connectivity index (χ4v) is 4.41. The van der Waals surface area contributed by atoms with E-state index >= 15 is 0 Å². The molecule has 2 aromatic heterocycles. The van der Waals surface area contributed by atoms with Crippen molar-refractivity contribution >= 4 is 17.7 Å². The highest BCUT2D eigenvalue weighted by Crippen LogP contribution is 2.29. The van der Waals surface area contributed by atoms with E-state index in [9.17, 15) is 4.79 Å². The first-order chi connectivity index (χ1) is 15.2. The summed E-state index contributed by atoms with van der Waals surface area (Å²) in [6, 6.07) is 11.4. The second-order valence-corrected chi connectivity index (χ2v) is 8.09. The molecule has 0 N–H and O–H groups in total. The van der Waals surface area contributed by atoms with Crippen LogP contribution in [0.25, 0.3) is 17.3 Å². The normalized spacial score (nSPS) is 14.7. The van der Waals surface area contributed by atoms with Gasteiger partial charge in [0.05, 0.1) is 24.3 Å². The first-order valence-electron chi connectivity index (χ1n) is 10.5. The number of carbonyl (C=O) groups excluding carboxylic acids is 1. The topological polar surface area (TPSA) is 76.6 Å². The Morgan fingerprint density at radius 2 is 1.87 bits per heavy atom. The van der Waals surface area contributed by atoms with Gasteiger partial charge in [-0.2, -0.15) is 0 Å². The predicted octanol–water partition coefficient (Wildman–Crippen LogP) is 3.18. The Labute approximate surface area is 186 Å². The Balaban J connectivity index is 1.53. The Hall–Kier alpha value is -2.78. The van der Waals surface area contributed by atoms with Crippen molar-refractivity contribution < 1.29 is 13.9 Å². The van der Waals surface area contributed by atoms with Crippen LogP contribution in [0.2, 0.25) is 0 Å². The van der Waals surface area contributed by atoms with E-state index in [4.69, 9.17) is 9.15 Å². The minimum atomic E-state index is 0.126. The van der Waals surface area contributed by atoms with Crippen LogP contribution < -0.4 is 4.74 Å². The van der Waals surface area contributed by atoms with Crippen LogP contribution in [-0.4, -0.2) is 75.6 Å². The summed E-state index contributed by atoms with van der Waals surface area (Å²) >= 11 is 1.39. The molecule has 0 aliphatic carbocycles. The standard InChI is InChI=1S/C22H27N5O3S/c1-3-25-11-13-26(14-12-25)20(28)16-31-22-24-23-21(19-6-5-15-30-19)27(22)17-7-9-18(10-8-17)29-4-2/h5-10,15H,3-4,11-14,16H2,1-2H3. The number of rotatable bonds is 8. The number of nitrogens with zero attached hydrogens (tertiary/aromatic N) is 5. The molecule has 1 aliphatic rings. The van der Waals surface area contributed by atoms with Gasteiger partial charge >= 0.3 is 0 Å². The summed E-state index contributed by atoms with van der Waals surface area (Å²) in [7, 11) is 0. The minimum Gasteiger partial charge on any atom is -0.494 e. The smallest absolute Gasteiger partial charge is 0.233 e. The third-order valence-corrected chi connectivity index (χ3v) is 6.19. The Morgan fingerprint density at radius 3 is 2.52 bits per heavy atom. The Morgan fingerprint density at radius 1 is 1.10 bits per heavy atom. The lowest BCUT2D eigenvalue weighted by Crippen LogP contribution is -2.49. The van der Waals surface area contributed by atoms with Crippen LogP contribution in [0.5, 0.6) is 5.75 Å². The fraction of sp³-hybridized carbons (Fsp3) is 0.409. The number of piperazine rings is 1. The van der Waals surface area contributed by atoms with E-state index in [0.717, 1.165) is 44.2 Å². The van der Waals surface area contributed by atoms with Crippen molar-refractivity contribution in [2.24, 2.45) is 0 Å². The first kappa shape index (κ1) is 21.5. The van der Waals surface area contributed by atoms with Gasteiger partial charge in [0.2, 0.25) is 11.7 Å². The maximum absolute atomic E-state index is 12.8. The van der Waals surface area contributed by atoms with Gasteiger partial charge in [-0.25, -0.2) is 0 Å². The third-order valence-electron chi connectivity index (χ3n) is 5.28. The monoisotopic (exact) mass is 441 g/mol. The second-order valence-electron chi connectivity index (χ2n) is 7.15. The van der Waals surface area contributed by atoms with E-state index in [1.54, 1.807) is 6.26 Å². The lowest BCUT2D eigenvalue weighted by Gasteiger charge is -2.34. The highest BCUT2D eigenvalue weighted by atomic mass is 32.2. The van der Waals surface area contributed by atoms with Crippen LogP contribution >= 0.6 is 11.8 Å². The van der Waals surface area contributed by atoms with Gasteiger partial charge in [-0.3, -0.25) is 9.36 Å². The molecule has 1 saturated heterocycles. The van der Waals surface area contributed by atoms with Crippen molar-refractivity contribution in [3.63, 3.8) is 0 Å². The third kappa shape index (κ3) is 4.94. The minimum absolute atomic E-state index is 0.126. The molecule has 1 aliphatic heterocycles. The molecule has 0 bridgehead atoms. The zero-order valence-electron chi connectivity index (χ0n) is 17.9. The summed E-state index contributed by atoms with van der Waals surface area (Å²) in [5.74, 6) is 2.46. The summed E-state index contributed by atoms with van der Waals surface area (Å²) in [6.45, 7) is 9.15. The van der Waals surface area contributed by atoms with Gasteiger partial charge in [0.15, 0.2) is 10.9 Å². The first-order valence-corrected chi connectivity index (χ1v) is 11.5. The number of hydrogen-bond acceptors (Lipinski definition) is 7. The molecule has 9 heteroatoms. The number of furan rings is 1. The number of amides is 1. The van der Waals surface area contributed by atoms with Gasteiger partial charge in [0.25, 0.3) is 0 Å². The van der Waals surface area contributed by atoms with E-state index in [2.05, 4.69) is 22.0 Å². The van der Waals surface area contributed by atoms with E-state index < -0.39 is 0 Å². The average molecular weight is 442 g/mol. The summed E-state index contributed by atoms with van der Waals surface area (Å²) < 4.78 is 13.0. The average Bonchev–Trinajstić information content (AvgIpc) is 3.48. The number of aromatic nitrogens is 3. The summed E-state index contributed by atoms with van der Waals surface area (Å²) in [5, 5.41) is 9.35. The maximum Gasteiger partial charge on any atom is 0.233 e. The number of hydrogen-bond donors (Lipinski definition) is 0. The zero-order valence-corrected chi connectivity index (χ0v) is 18.7. The molecule has 1 fully saturated rings. The van der Waals surface area contributed by atoms with Crippen molar-refractivity contribution in [2.75, 3.05) is 45.1 Å². The van der Waals surface area contributed by atoms with Crippen LogP contribution in [0.4, 0.5) is 0 Å². The van der Waals surface area contributed by atoms with Gasteiger partial charge in [0.1, 0.15) is 5.75 Å². The van der Waals surface area contributed by atoms with Gasteiger partial charge in [-0.05, 0) is 49.9 Å². The molecule has 3 heterocycles. The molecular formula is C22H27N5O3S.